The molecule has 7 heteroatoms. The van der Waals surface area contributed by atoms with E-state index in [2.05, 4.69) is 10.3 Å². The Kier molecular flexibility index (Phi) is 6.07. The Hall–Kier alpha value is -4.26. The van der Waals surface area contributed by atoms with Crippen molar-refractivity contribution in [2.24, 2.45) is 0 Å². The first-order valence-corrected chi connectivity index (χ1v) is 10.0. The number of carbonyl (C=O) groups is 3. The summed E-state index contributed by atoms with van der Waals surface area (Å²) in [4.78, 5) is 41.8. The molecule has 0 radical (unpaired) electrons. The molecule has 1 aromatic heterocycles. The topological polar surface area (TPSA) is 106 Å². The van der Waals surface area contributed by atoms with Crippen molar-refractivity contribution in [2.45, 2.75) is 19.1 Å². The molecule has 1 amide bonds. The summed E-state index contributed by atoms with van der Waals surface area (Å²) < 4.78 is 5.17. The van der Waals surface area contributed by atoms with Crippen LogP contribution in [0.15, 0.2) is 78.9 Å². The van der Waals surface area contributed by atoms with Crippen LogP contribution in [0, 0.1) is 0 Å². The summed E-state index contributed by atoms with van der Waals surface area (Å²) in [7, 11) is 0. The van der Waals surface area contributed by atoms with Crippen LogP contribution in [0.25, 0.3) is 21.8 Å². The van der Waals surface area contributed by atoms with E-state index in [0.29, 0.717) is 27.4 Å². The van der Waals surface area contributed by atoms with Crippen LogP contribution < -0.4 is 5.32 Å². The first-order valence-electron chi connectivity index (χ1n) is 10.0. The molecule has 7 nitrogen and oxygen atoms in total. The van der Waals surface area contributed by atoms with E-state index in [9.17, 15) is 19.5 Å². The number of hydrogen-bond acceptors (Lipinski definition) is 5. The summed E-state index contributed by atoms with van der Waals surface area (Å²) in [6.07, 6.45) is -0.491. The molecule has 1 atom stereocenters. The summed E-state index contributed by atoms with van der Waals surface area (Å²) in [6.45, 7) is 0.0274. The van der Waals surface area contributed by atoms with Gasteiger partial charge in [0.1, 0.15) is 12.6 Å². The average Bonchev–Trinajstić information content (AvgIpc) is 2.81. The Bertz CT molecular complexity index is 1250. The summed E-state index contributed by atoms with van der Waals surface area (Å²) in [5, 5.41) is 13.3. The molecule has 0 aliphatic carbocycles. The summed E-state index contributed by atoms with van der Waals surface area (Å²) >= 11 is 0. The van der Waals surface area contributed by atoms with E-state index in [-0.39, 0.29) is 6.61 Å². The van der Waals surface area contributed by atoms with E-state index in [1.807, 2.05) is 30.3 Å². The Morgan fingerprint density at radius 2 is 1.41 bits per heavy atom. The number of hydrogen-bond donors (Lipinski definition) is 2. The quantitative estimate of drug-likeness (QED) is 0.343. The second-order valence-corrected chi connectivity index (χ2v) is 7.24. The largest absolute Gasteiger partial charge is 0.480 e. The molecule has 0 saturated heterocycles. The monoisotopic (exact) mass is 428 g/mol. The lowest BCUT2D eigenvalue weighted by molar-refractivity contribution is -0.150. The maximum absolute atomic E-state index is 13.2. The minimum absolute atomic E-state index is 0.0274. The molecule has 0 bridgehead atoms. The van der Waals surface area contributed by atoms with E-state index in [1.54, 1.807) is 48.5 Å². The standard InChI is InChI=1S/C25H20N2O5/c28-22(32-15-16-8-2-1-3-9-16)14-21(25(30)31)27-24(29)23-17-10-4-6-12-19(17)26-20-13-7-5-11-18(20)23/h1-13,21H,14-15H2,(H,27,29)(H,30,31)/t21-/m1/s1. The van der Waals surface area contributed by atoms with Gasteiger partial charge in [0, 0.05) is 10.8 Å². The van der Waals surface area contributed by atoms with Crippen molar-refractivity contribution in [2.75, 3.05) is 0 Å². The van der Waals surface area contributed by atoms with Crippen LogP contribution in [-0.4, -0.2) is 34.0 Å². The number of nitrogens with zero attached hydrogens (tertiary/aromatic N) is 1. The van der Waals surface area contributed by atoms with Gasteiger partial charge in [0.25, 0.3) is 5.91 Å². The van der Waals surface area contributed by atoms with Crippen molar-refractivity contribution >= 4 is 39.7 Å². The molecular weight excluding hydrogens is 408 g/mol. The minimum Gasteiger partial charge on any atom is -0.480 e. The number of para-hydroxylation sites is 2. The maximum atomic E-state index is 13.2. The number of aromatic nitrogens is 1. The highest BCUT2D eigenvalue weighted by atomic mass is 16.5. The summed E-state index contributed by atoms with van der Waals surface area (Å²) in [5.41, 5.74) is 2.33. The average molecular weight is 428 g/mol. The number of fused-ring (bicyclic) bond motifs is 2. The van der Waals surface area contributed by atoms with Crippen molar-refractivity contribution in [3.05, 3.63) is 90.0 Å². The zero-order chi connectivity index (χ0) is 22.5. The molecule has 160 valence electrons. The number of benzene rings is 3. The first-order chi connectivity index (χ1) is 15.5. The van der Waals surface area contributed by atoms with Crippen LogP contribution in [-0.2, 0) is 20.9 Å². The van der Waals surface area contributed by atoms with Gasteiger partial charge in [0.2, 0.25) is 0 Å². The number of aliphatic carboxylic acids is 1. The minimum atomic E-state index is -1.43. The Labute approximate surface area is 183 Å². The third-order valence-electron chi connectivity index (χ3n) is 5.03. The fourth-order valence-corrected chi connectivity index (χ4v) is 3.48. The van der Waals surface area contributed by atoms with Crippen LogP contribution in [0.3, 0.4) is 0 Å². The van der Waals surface area contributed by atoms with Crippen molar-refractivity contribution in [3.8, 4) is 0 Å². The smallest absolute Gasteiger partial charge is 0.326 e. The molecule has 4 rings (SSSR count). The first kappa shape index (κ1) is 21.0. The lowest BCUT2D eigenvalue weighted by atomic mass is 10.0. The zero-order valence-electron chi connectivity index (χ0n) is 17.0. The van der Waals surface area contributed by atoms with Crippen molar-refractivity contribution in [1.29, 1.82) is 0 Å². The molecule has 0 saturated carbocycles. The number of rotatable bonds is 7. The predicted octanol–water partition coefficient (Wildman–Crippen LogP) is 3.70. The van der Waals surface area contributed by atoms with Crippen LogP contribution in [0.4, 0.5) is 0 Å². The molecule has 0 aliphatic rings. The van der Waals surface area contributed by atoms with Gasteiger partial charge >= 0.3 is 11.9 Å². The van der Waals surface area contributed by atoms with Crippen molar-refractivity contribution < 1.29 is 24.2 Å². The van der Waals surface area contributed by atoms with E-state index < -0.39 is 30.3 Å². The van der Waals surface area contributed by atoms with E-state index >= 15 is 0 Å². The molecular formula is C25H20N2O5. The highest BCUT2D eigenvalue weighted by Gasteiger charge is 2.26. The van der Waals surface area contributed by atoms with Gasteiger partial charge in [-0.1, -0.05) is 66.7 Å². The lowest BCUT2D eigenvalue weighted by Crippen LogP contribution is -2.42. The fraction of sp³-hybridized carbons (Fsp3) is 0.120. The van der Waals surface area contributed by atoms with Gasteiger partial charge in [0.15, 0.2) is 0 Å². The molecule has 0 spiro atoms. The number of carboxylic acids is 1. The van der Waals surface area contributed by atoms with Gasteiger partial charge in [-0.25, -0.2) is 9.78 Å². The number of carboxylic acid groups (broad SMARTS) is 1. The molecule has 32 heavy (non-hydrogen) atoms. The van der Waals surface area contributed by atoms with Crippen LogP contribution in [0.1, 0.15) is 22.3 Å². The maximum Gasteiger partial charge on any atom is 0.326 e. The highest BCUT2D eigenvalue weighted by molar-refractivity contribution is 6.16. The van der Waals surface area contributed by atoms with Crippen LogP contribution in [0.2, 0.25) is 0 Å². The number of carbonyl (C=O) groups excluding carboxylic acids is 2. The van der Waals surface area contributed by atoms with Crippen molar-refractivity contribution in [3.63, 3.8) is 0 Å². The molecule has 3 aromatic carbocycles. The molecule has 2 N–H and O–H groups in total. The SMILES string of the molecule is O=C(C[C@@H](NC(=O)c1c2ccccc2nc2ccccc12)C(=O)O)OCc1ccccc1. The molecule has 1 heterocycles. The number of nitrogens with one attached hydrogen (secondary N) is 1. The number of amides is 1. The number of pyridine rings is 1. The predicted molar refractivity (Wildman–Crippen MR) is 119 cm³/mol. The molecule has 0 fully saturated rings. The third-order valence-corrected chi connectivity index (χ3v) is 5.03. The van der Waals surface area contributed by atoms with Gasteiger partial charge in [0.05, 0.1) is 23.0 Å². The Balaban J connectivity index is 1.56. The van der Waals surface area contributed by atoms with Gasteiger partial charge in [-0.15, -0.1) is 0 Å². The summed E-state index contributed by atoms with van der Waals surface area (Å²) in [5.74, 6) is -2.63. The van der Waals surface area contributed by atoms with Crippen molar-refractivity contribution in [1.82, 2.24) is 10.3 Å². The second kappa shape index (κ2) is 9.26. The molecule has 0 unspecified atom stereocenters. The molecule has 4 aromatic rings. The van der Waals surface area contributed by atoms with E-state index in [0.717, 1.165) is 5.56 Å². The van der Waals surface area contributed by atoms with Crippen LogP contribution >= 0.6 is 0 Å². The number of esters is 1. The van der Waals surface area contributed by atoms with Gasteiger partial charge < -0.3 is 15.2 Å². The zero-order valence-corrected chi connectivity index (χ0v) is 17.0. The van der Waals surface area contributed by atoms with Crippen LogP contribution in [0.5, 0.6) is 0 Å². The summed E-state index contributed by atoms with van der Waals surface area (Å²) in [6, 6.07) is 21.9. The normalized spacial score (nSPS) is 11.8. The lowest BCUT2D eigenvalue weighted by Gasteiger charge is -2.16. The Morgan fingerprint density at radius 1 is 0.844 bits per heavy atom. The fourth-order valence-electron chi connectivity index (χ4n) is 3.48. The van der Waals surface area contributed by atoms with Gasteiger partial charge in [-0.2, -0.15) is 0 Å². The second-order valence-electron chi connectivity index (χ2n) is 7.24. The number of ether oxygens (including phenoxy) is 1. The van der Waals surface area contributed by atoms with Gasteiger partial charge in [-0.05, 0) is 17.7 Å². The van der Waals surface area contributed by atoms with Gasteiger partial charge in [-0.3, -0.25) is 9.59 Å². The Morgan fingerprint density at radius 3 is 2.00 bits per heavy atom. The molecule has 0 aliphatic heterocycles. The third kappa shape index (κ3) is 4.57. The van der Waals surface area contributed by atoms with E-state index in [4.69, 9.17) is 4.74 Å². The van der Waals surface area contributed by atoms with E-state index in [1.165, 1.54) is 0 Å². The highest BCUT2D eigenvalue weighted by Crippen LogP contribution is 2.26.